The number of alkyl halides is 3. The van der Waals surface area contributed by atoms with E-state index in [1.807, 2.05) is 0 Å². The molecule has 2 atom stereocenters. The minimum atomic E-state index is -4.52. The van der Waals surface area contributed by atoms with Gasteiger partial charge in [-0.15, -0.1) is 0 Å². The van der Waals surface area contributed by atoms with E-state index < -0.39 is 11.7 Å². The average Bonchev–Trinajstić information content (AvgIpc) is 2.90. The number of nitrogens with zero attached hydrogens (tertiary/aromatic N) is 1. The average molecular weight is 372 g/mol. The topological polar surface area (TPSA) is 50.8 Å². The Labute approximate surface area is 150 Å². The Kier molecular flexibility index (Phi) is 5.32. The number of hydrogen-bond donors (Lipinski definition) is 1. The van der Waals surface area contributed by atoms with E-state index in [9.17, 15) is 18.0 Å². The Morgan fingerprint density at radius 2 is 1.96 bits per heavy atom. The van der Waals surface area contributed by atoms with Crippen LogP contribution in [0.4, 0.5) is 18.0 Å². The summed E-state index contributed by atoms with van der Waals surface area (Å²) in [6, 6.07) is 3.47. The molecule has 26 heavy (non-hydrogen) atoms. The molecule has 3 rings (SSSR count). The highest BCUT2D eigenvalue weighted by molar-refractivity contribution is 5.74. The highest BCUT2D eigenvalue weighted by atomic mass is 19.4. The van der Waals surface area contributed by atoms with E-state index in [1.165, 1.54) is 12.1 Å². The summed E-state index contributed by atoms with van der Waals surface area (Å²) in [6.07, 6.45) is -2.82. The fourth-order valence-corrected chi connectivity index (χ4v) is 3.38. The van der Waals surface area contributed by atoms with Gasteiger partial charge in [-0.3, -0.25) is 0 Å². The molecule has 2 unspecified atom stereocenters. The Morgan fingerprint density at radius 1 is 1.31 bits per heavy atom. The van der Waals surface area contributed by atoms with Crippen molar-refractivity contribution < 1.29 is 27.4 Å². The van der Waals surface area contributed by atoms with Crippen LogP contribution in [0.3, 0.4) is 0 Å². The molecule has 2 fully saturated rings. The van der Waals surface area contributed by atoms with Crippen molar-refractivity contribution in [2.24, 2.45) is 0 Å². The minimum Gasteiger partial charge on any atom is -0.491 e. The molecule has 0 spiro atoms. The maximum Gasteiger partial charge on any atom is 0.416 e. The number of halogens is 3. The smallest absolute Gasteiger partial charge is 0.416 e. The van der Waals surface area contributed by atoms with E-state index >= 15 is 0 Å². The van der Waals surface area contributed by atoms with Gasteiger partial charge in [0.2, 0.25) is 0 Å². The van der Waals surface area contributed by atoms with E-state index in [-0.39, 0.29) is 42.2 Å². The molecule has 1 aromatic carbocycles. The Bertz CT molecular complexity index is 652. The van der Waals surface area contributed by atoms with Crippen LogP contribution in [0.1, 0.15) is 37.8 Å². The largest absolute Gasteiger partial charge is 0.491 e. The number of amides is 2. The Morgan fingerprint density at radius 3 is 2.54 bits per heavy atom. The molecule has 2 saturated heterocycles. The third-order valence-corrected chi connectivity index (χ3v) is 4.52. The molecule has 1 aromatic rings. The van der Waals surface area contributed by atoms with Gasteiger partial charge in [0, 0.05) is 19.6 Å². The van der Waals surface area contributed by atoms with Crippen molar-refractivity contribution in [2.75, 3.05) is 13.1 Å². The van der Waals surface area contributed by atoms with Crippen molar-refractivity contribution >= 4 is 6.03 Å². The Hall–Kier alpha value is -1.96. The molecule has 8 heteroatoms. The molecule has 0 saturated carbocycles. The molecule has 0 radical (unpaired) electrons. The standard InChI is InChI=1S/C18H23F3N2O3/c1-11(2)25-13-4-3-12(16(7-13)18(19,20)21)8-22-17(24)23-9-14-5-6-15(10-23)26-14/h3-4,7,11,14-15H,5-6,8-10H2,1-2H3,(H,22,24). The van der Waals surface area contributed by atoms with E-state index in [4.69, 9.17) is 9.47 Å². The monoisotopic (exact) mass is 372 g/mol. The van der Waals surface area contributed by atoms with Crippen LogP contribution in [0.15, 0.2) is 18.2 Å². The predicted octanol–water partition coefficient (Wildman–Crippen LogP) is 3.57. The molecule has 2 aliphatic rings. The van der Waals surface area contributed by atoms with Gasteiger partial charge < -0.3 is 19.7 Å². The van der Waals surface area contributed by atoms with Gasteiger partial charge in [0.15, 0.2) is 0 Å². The second-order valence-electron chi connectivity index (χ2n) is 7.00. The molecule has 0 aliphatic carbocycles. The molecule has 144 valence electrons. The molecule has 2 amide bonds. The van der Waals surface area contributed by atoms with Gasteiger partial charge in [-0.05, 0) is 44.4 Å². The summed E-state index contributed by atoms with van der Waals surface area (Å²) < 4.78 is 51.1. The van der Waals surface area contributed by atoms with Crippen LogP contribution in [-0.2, 0) is 17.5 Å². The summed E-state index contributed by atoms with van der Waals surface area (Å²) >= 11 is 0. The molecule has 2 bridgehead atoms. The van der Waals surface area contributed by atoms with Gasteiger partial charge in [0.25, 0.3) is 0 Å². The number of morpholine rings is 1. The van der Waals surface area contributed by atoms with Crippen molar-refractivity contribution in [3.05, 3.63) is 29.3 Å². The fourth-order valence-electron chi connectivity index (χ4n) is 3.38. The third kappa shape index (κ3) is 4.41. The van der Waals surface area contributed by atoms with Crippen molar-refractivity contribution in [1.29, 1.82) is 0 Å². The number of carbonyl (C=O) groups is 1. The molecule has 2 heterocycles. The number of ether oxygens (including phenoxy) is 2. The predicted molar refractivity (Wildman–Crippen MR) is 88.9 cm³/mol. The van der Waals surface area contributed by atoms with E-state index in [1.54, 1.807) is 18.7 Å². The van der Waals surface area contributed by atoms with Gasteiger partial charge in [-0.2, -0.15) is 13.2 Å². The Balaban J connectivity index is 1.67. The first kappa shape index (κ1) is 18.8. The number of carbonyl (C=O) groups excluding carboxylic acids is 1. The number of rotatable bonds is 4. The van der Waals surface area contributed by atoms with E-state index in [2.05, 4.69) is 5.32 Å². The normalized spacial score (nSPS) is 22.6. The van der Waals surface area contributed by atoms with Gasteiger partial charge in [0.05, 0.1) is 23.9 Å². The first-order valence-corrected chi connectivity index (χ1v) is 8.77. The van der Waals surface area contributed by atoms with E-state index in [0.29, 0.717) is 13.1 Å². The zero-order chi connectivity index (χ0) is 18.9. The lowest BCUT2D eigenvalue weighted by Gasteiger charge is -2.32. The molecule has 0 aromatic heterocycles. The summed E-state index contributed by atoms with van der Waals surface area (Å²) in [5.41, 5.74) is -0.781. The lowest BCUT2D eigenvalue weighted by Crippen LogP contribution is -2.49. The first-order valence-electron chi connectivity index (χ1n) is 8.77. The van der Waals surface area contributed by atoms with Gasteiger partial charge in [-0.25, -0.2) is 4.79 Å². The number of urea groups is 1. The van der Waals surface area contributed by atoms with Crippen LogP contribution in [-0.4, -0.2) is 42.3 Å². The first-order chi connectivity index (χ1) is 12.2. The van der Waals surface area contributed by atoms with Gasteiger partial charge in [-0.1, -0.05) is 6.07 Å². The summed E-state index contributed by atoms with van der Waals surface area (Å²) in [5.74, 6) is 0.159. The molecular formula is C18H23F3N2O3. The third-order valence-electron chi connectivity index (χ3n) is 4.52. The summed E-state index contributed by atoms with van der Waals surface area (Å²) in [7, 11) is 0. The van der Waals surface area contributed by atoms with Crippen LogP contribution in [0.5, 0.6) is 5.75 Å². The van der Waals surface area contributed by atoms with Crippen LogP contribution in [0.2, 0.25) is 0 Å². The molecule has 2 aliphatic heterocycles. The second kappa shape index (κ2) is 7.34. The zero-order valence-corrected chi connectivity index (χ0v) is 14.8. The van der Waals surface area contributed by atoms with Gasteiger partial charge in [0.1, 0.15) is 5.75 Å². The van der Waals surface area contributed by atoms with Crippen molar-refractivity contribution in [3.63, 3.8) is 0 Å². The molecule has 5 nitrogen and oxygen atoms in total. The van der Waals surface area contributed by atoms with E-state index in [0.717, 1.165) is 18.9 Å². The van der Waals surface area contributed by atoms with Crippen molar-refractivity contribution in [3.8, 4) is 5.75 Å². The fraction of sp³-hybridized carbons (Fsp3) is 0.611. The lowest BCUT2D eigenvalue weighted by molar-refractivity contribution is -0.138. The van der Waals surface area contributed by atoms with Crippen molar-refractivity contribution in [2.45, 2.75) is 57.7 Å². The quantitative estimate of drug-likeness (QED) is 0.879. The highest BCUT2D eigenvalue weighted by Gasteiger charge is 2.36. The van der Waals surface area contributed by atoms with Crippen LogP contribution in [0.25, 0.3) is 0 Å². The number of hydrogen-bond acceptors (Lipinski definition) is 3. The van der Waals surface area contributed by atoms with Crippen LogP contribution in [0, 0.1) is 0 Å². The number of benzene rings is 1. The zero-order valence-electron chi connectivity index (χ0n) is 14.8. The summed E-state index contributed by atoms with van der Waals surface area (Å²) in [6.45, 7) is 4.27. The molecular weight excluding hydrogens is 349 g/mol. The maximum absolute atomic E-state index is 13.4. The number of likely N-dealkylation sites (tertiary alicyclic amines) is 1. The SMILES string of the molecule is CC(C)Oc1ccc(CNC(=O)N2CC3CCC(C2)O3)c(C(F)(F)F)c1. The minimum absolute atomic E-state index is 0.0122. The second-order valence-corrected chi connectivity index (χ2v) is 7.00. The highest BCUT2D eigenvalue weighted by Crippen LogP contribution is 2.35. The van der Waals surface area contributed by atoms with Gasteiger partial charge >= 0.3 is 12.2 Å². The van der Waals surface area contributed by atoms with Crippen LogP contribution >= 0.6 is 0 Å². The number of nitrogens with one attached hydrogen (secondary N) is 1. The molecule has 1 N–H and O–H groups in total. The number of fused-ring (bicyclic) bond motifs is 2. The summed E-state index contributed by atoms with van der Waals surface area (Å²) in [5, 5.41) is 2.60. The maximum atomic E-state index is 13.4. The lowest BCUT2D eigenvalue weighted by atomic mass is 10.1. The van der Waals surface area contributed by atoms with Crippen molar-refractivity contribution in [1.82, 2.24) is 10.2 Å². The van der Waals surface area contributed by atoms with Crippen LogP contribution < -0.4 is 10.1 Å². The summed E-state index contributed by atoms with van der Waals surface area (Å²) in [4.78, 5) is 13.9.